The van der Waals surface area contributed by atoms with Crippen molar-refractivity contribution < 1.29 is 19.1 Å². The van der Waals surface area contributed by atoms with E-state index in [2.05, 4.69) is 42.8 Å². The molecular formula is C32H38N2O4. The quantitative estimate of drug-likeness (QED) is 0.337. The van der Waals surface area contributed by atoms with Crippen molar-refractivity contribution in [3.63, 3.8) is 0 Å². The Morgan fingerprint density at radius 2 is 1.79 bits per heavy atom. The highest BCUT2D eigenvalue weighted by Crippen LogP contribution is 2.27. The van der Waals surface area contributed by atoms with Crippen LogP contribution in [0.1, 0.15) is 62.9 Å². The summed E-state index contributed by atoms with van der Waals surface area (Å²) in [6.07, 6.45) is 7.48. The number of nitrogens with one attached hydrogen (secondary N) is 1. The number of allylic oxidation sites excluding steroid dienone is 2. The number of amides is 1. The first-order valence-electron chi connectivity index (χ1n) is 13.1. The molecule has 1 aromatic carbocycles. The van der Waals surface area contributed by atoms with Crippen molar-refractivity contribution in [2.45, 2.75) is 47.0 Å². The molecule has 3 rings (SSSR count). The molecule has 2 heterocycles. The van der Waals surface area contributed by atoms with E-state index in [1.54, 1.807) is 32.2 Å². The Hall–Kier alpha value is -3.98. The van der Waals surface area contributed by atoms with Crippen LogP contribution in [0.5, 0.6) is 0 Å². The minimum absolute atomic E-state index is 0.258. The summed E-state index contributed by atoms with van der Waals surface area (Å²) in [4.78, 5) is 31.7. The summed E-state index contributed by atoms with van der Waals surface area (Å²) >= 11 is 0. The molecule has 1 aliphatic rings. The van der Waals surface area contributed by atoms with Gasteiger partial charge < -0.3 is 19.4 Å². The summed E-state index contributed by atoms with van der Waals surface area (Å²) in [6, 6.07) is 10.2. The summed E-state index contributed by atoms with van der Waals surface area (Å²) in [7, 11) is 3.12. The van der Waals surface area contributed by atoms with Crippen LogP contribution in [0.3, 0.4) is 0 Å². The molecule has 0 bridgehead atoms. The van der Waals surface area contributed by atoms with E-state index >= 15 is 0 Å². The van der Waals surface area contributed by atoms with Gasteiger partial charge in [-0.2, -0.15) is 0 Å². The molecule has 0 radical (unpaired) electrons. The largest absolute Gasteiger partial charge is 0.499 e. The number of nitrogens with zero attached hydrogens (tertiary/aromatic N) is 1. The van der Waals surface area contributed by atoms with E-state index in [0.717, 1.165) is 17.6 Å². The number of rotatable bonds is 7. The molecule has 0 saturated carbocycles. The Kier molecular flexibility index (Phi) is 10.2. The molecule has 0 atom stereocenters. The molecule has 1 saturated heterocycles. The van der Waals surface area contributed by atoms with Crippen molar-refractivity contribution >= 4 is 28.8 Å². The molecule has 38 heavy (non-hydrogen) atoms. The second kappa shape index (κ2) is 13.5. The molecule has 6 heteroatoms. The number of ketones is 1. The fourth-order valence-electron chi connectivity index (χ4n) is 4.39. The number of carbonyl (C=O) groups excluding carboxylic acids is 2. The highest BCUT2D eigenvalue weighted by Gasteiger charge is 2.29. The van der Waals surface area contributed by atoms with Gasteiger partial charge in [0, 0.05) is 30.8 Å². The summed E-state index contributed by atoms with van der Waals surface area (Å²) < 4.78 is 11.0. The van der Waals surface area contributed by atoms with Crippen LogP contribution < -0.4 is 10.6 Å². The molecule has 0 unspecified atom stereocenters. The lowest BCUT2D eigenvalue weighted by molar-refractivity contribution is -0.126. The molecule has 1 N–H and O–H groups in total. The zero-order valence-corrected chi connectivity index (χ0v) is 23.3. The number of piperidine rings is 1. The number of hydrogen-bond acceptors (Lipinski definition) is 4. The Bertz CT molecular complexity index is 1390. The average molecular weight is 515 g/mol. The molecule has 1 aromatic heterocycles. The highest BCUT2D eigenvalue weighted by atomic mass is 16.5. The van der Waals surface area contributed by atoms with Gasteiger partial charge in [0.25, 0.3) is 11.7 Å². The standard InChI is InChI=1S/C32H38N2O4/c1-7-8-14-28(38-6)29-27(21-33-30(29)23(4)37-5)31(35)32(36)34-19-17-25(18-20-34)26(16-15-22(2)3)24-12-10-9-11-13-24/h8-14,21-22,33H,7,17-20H2,1-6H3/b14-8+,29-28+,30-23-. The number of benzene rings is 1. The fourth-order valence-corrected chi connectivity index (χ4v) is 4.39. The second-order valence-corrected chi connectivity index (χ2v) is 9.48. The average Bonchev–Trinajstić information content (AvgIpc) is 3.38. The summed E-state index contributed by atoms with van der Waals surface area (Å²) in [6.45, 7) is 8.89. The smallest absolute Gasteiger partial charge is 0.295 e. The Morgan fingerprint density at radius 1 is 1.11 bits per heavy atom. The van der Waals surface area contributed by atoms with E-state index in [9.17, 15) is 9.59 Å². The van der Waals surface area contributed by atoms with Crippen LogP contribution in [0, 0.1) is 17.8 Å². The van der Waals surface area contributed by atoms with E-state index in [-0.39, 0.29) is 11.5 Å². The molecule has 1 aliphatic heterocycles. The zero-order valence-electron chi connectivity index (χ0n) is 23.3. The molecule has 1 amide bonds. The SMILES string of the molecule is CC/C=C/C(OC)=c1/c(C(=O)C(=O)N2CCC(=C(C#CC(C)C)c3ccccc3)CC2)c[nH]/c1=C(/C)OC. The van der Waals surface area contributed by atoms with Crippen molar-refractivity contribution in [2.75, 3.05) is 27.3 Å². The number of hydrogen-bond donors (Lipinski definition) is 1. The van der Waals surface area contributed by atoms with Gasteiger partial charge in [-0.15, -0.1) is 0 Å². The lowest BCUT2D eigenvalue weighted by atomic mass is 9.92. The van der Waals surface area contributed by atoms with Gasteiger partial charge in [-0.05, 0) is 37.8 Å². The van der Waals surface area contributed by atoms with E-state index in [4.69, 9.17) is 9.47 Å². The van der Waals surface area contributed by atoms with E-state index < -0.39 is 11.7 Å². The van der Waals surface area contributed by atoms with Crippen LogP contribution in [-0.4, -0.2) is 48.9 Å². The van der Waals surface area contributed by atoms with Crippen molar-refractivity contribution in [2.24, 2.45) is 5.92 Å². The first-order chi connectivity index (χ1) is 18.3. The van der Waals surface area contributed by atoms with Gasteiger partial charge >= 0.3 is 0 Å². The number of aromatic amines is 1. The maximum Gasteiger partial charge on any atom is 0.295 e. The molecule has 200 valence electrons. The van der Waals surface area contributed by atoms with Crippen LogP contribution in [0.15, 0.2) is 54.3 Å². The maximum atomic E-state index is 13.5. The third-order valence-corrected chi connectivity index (χ3v) is 6.50. The van der Waals surface area contributed by atoms with Gasteiger partial charge in [0.1, 0.15) is 11.5 Å². The molecule has 0 aliphatic carbocycles. The second-order valence-electron chi connectivity index (χ2n) is 9.48. The number of carbonyl (C=O) groups is 2. The van der Waals surface area contributed by atoms with Crippen molar-refractivity contribution in [1.82, 2.24) is 9.88 Å². The molecular weight excluding hydrogens is 476 g/mol. The zero-order chi connectivity index (χ0) is 27.7. The summed E-state index contributed by atoms with van der Waals surface area (Å²) in [5, 5.41) is 1.14. The first kappa shape index (κ1) is 28.6. The summed E-state index contributed by atoms with van der Waals surface area (Å²) in [5.74, 6) is 6.93. The van der Waals surface area contributed by atoms with Crippen molar-refractivity contribution in [1.29, 1.82) is 0 Å². The molecule has 6 nitrogen and oxygen atoms in total. The predicted molar refractivity (Wildman–Crippen MR) is 152 cm³/mol. The number of ether oxygens (including phenoxy) is 2. The Morgan fingerprint density at radius 3 is 2.37 bits per heavy atom. The lowest BCUT2D eigenvalue weighted by Crippen LogP contribution is -2.43. The van der Waals surface area contributed by atoms with Crippen LogP contribution in [0.4, 0.5) is 0 Å². The van der Waals surface area contributed by atoms with Gasteiger partial charge in [-0.3, -0.25) is 9.59 Å². The third kappa shape index (κ3) is 6.66. The fraction of sp³-hybridized carbons (Fsp3) is 0.375. The number of aromatic nitrogens is 1. The van der Waals surface area contributed by atoms with Gasteiger partial charge in [0.15, 0.2) is 0 Å². The van der Waals surface area contributed by atoms with Crippen LogP contribution in [0.2, 0.25) is 0 Å². The van der Waals surface area contributed by atoms with Gasteiger partial charge in [0.2, 0.25) is 0 Å². The maximum absolute atomic E-state index is 13.5. The van der Waals surface area contributed by atoms with Gasteiger partial charge in [-0.1, -0.05) is 74.6 Å². The monoisotopic (exact) mass is 514 g/mol. The summed E-state index contributed by atoms with van der Waals surface area (Å²) in [5.41, 5.74) is 3.61. The first-order valence-corrected chi connectivity index (χ1v) is 13.1. The topological polar surface area (TPSA) is 71.6 Å². The minimum atomic E-state index is -0.568. The number of H-pyrrole nitrogens is 1. The van der Waals surface area contributed by atoms with E-state index in [1.165, 1.54) is 5.57 Å². The number of likely N-dealkylation sites (tertiary alicyclic amines) is 1. The van der Waals surface area contributed by atoms with E-state index in [0.29, 0.717) is 48.0 Å². The van der Waals surface area contributed by atoms with E-state index in [1.807, 2.05) is 37.3 Å². The Labute approximate surface area is 225 Å². The molecule has 0 spiro atoms. The van der Waals surface area contributed by atoms with Gasteiger partial charge in [0.05, 0.1) is 30.4 Å². The number of Topliss-reactive ketones (excluding diaryl/α,β-unsaturated/α-hetero) is 1. The normalized spacial score (nSPS) is 15.1. The lowest BCUT2D eigenvalue weighted by Gasteiger charge is -2.29. The third-order valence-electron chi connectivity index (χ3n) is 6.50. The Balaban J connectivity index is 1.94. The van der Waals surface area contributed by atoms with Crippen LogP contribution in [-0.2, 0) is 14.3 Å². The molecule has 2 aromatic rings. The van der Waals surface area contributed by atoms with Crippen LogP contribution in [0.25, 0.3) is 17.1 Å². The van der Waals surface area contributed by atoms with Crippen LogP contribution >= 0.6 is 0 Å². The number of methoxy groups -OCH3 is 2. The van der Waals surface area contributed by atoms with Crippen molar-refractivity contribution in [3.05, 3.63) is 75.9 Å². The highest BCUT2D eigenvalue weighted by molar-refractivity contribution is 6.42. The van der Waals surface area contributed by atoms with Crippen molar-refractivity contribution in [3.8, 4) is 11.8 Å². The minimum Gasteiger partial charge on any atom is -0.499 e. The van der Waals surface area contributed by atoms with Gasteiger partial charge in [-0.25, -0.2) is 0 Å². The molecule has 1 fully saturated rings. The predicted octanol–water partition coefficient (Wildman–Crippen LogP) is 4.43.